The first-order chi connectivity index (χ1) is 11.5. The van der Waals surface area contributed by atoms with Gasteiger partial charge in [0.1, 0.15) is 11.3 Å². The second-order valence-corrected chi connectivity index (χ2v) is 6.27. The minimum atomic E-state index is -0.359. The highest BCUT2D eigenvalue weighted by molar-refractivity contribution is 7.13. The zero-order valence-electron chi connectivity index (χ0n) is 13.5. The molecular formula is C17H16N2O4S. The van der Waals surface area contributed by atoms with Crippen LogP contribution < -0.4 is 15.7 Å². The maximum Gasteiger partial charge on any atom is 0.339 e. The van der Waals surface area contributed by atoms with E-state index >= 15 is 0 Å². The van der Waals surface area contributed by atoms with Crippen LogP contribution in [-0.4, -0.2) is 17.5 Å². The minimum absolute atomic E-state index is 0.152. The van der Waals surface area contributed by atoms with Gasteiger partial charge in [0.2, 0.25) is 0 Å². The Balaban J connectivity index is 1.83. The number of thiazole rings is 1. The molecule has 0 unspecified atom stereocenters. The van der Waals surface area contributed by atoms with E-state index in [2.05, 4.69) is 10.3 Å². The summed E-state index contributed by atoms with van der Waals surface area (Å²) in [4.78, 5) is 27.7. The van der Waals surface area contributed by atoms with Crippen molar-refractivity contribution in [2.45, 2.75) is 20.8 Å². The predicted molar refractivity (Wildman–Crippen MR) is 92.9 cm³/mol. The van der Waals surface area contributed by atoms with Crippen LogP contribution in [0.3, 0.4) is 0 Å². The van der Waals surface area contributed by atoms with Gasteiger partial charge in [0.15, 0.2) is 11.7 Å². The molecule has 1 aromatic carbocycles. The zero-order chi connectivity index (χ0) is 17.3. The van der Waals surface area contributed by atoms with Crippen LogP contribution in [0, 0.1) is 20.8 Å². The molecule has 2 aromatic heterocycles. The van der Waals surface area contributed by atoms with Crippen molar-refractivity contribution in [2.24, 2.45) is 0 Å². The summed E-state index contributed by atoms with van der Waals surface area (Å²) in [5.41, 5.74) is 2.30. The number of hydrogen-bond donors (Lipinski definition) is 1. The molecule has 1 N–H and O–H groups in total. The van der Waals surface area contributed by atoms with Crippen molar-refractivity contribution in [3.63, 3.8) is 0 Å². The van der Waals surface area contributed by atoms with Crippen LogP contribution in [-0.2, 0) is 4.79 Å². The first kappa shape index (κ1) is 16.2. The van der Waals surface area contributed by atoms with Crippen LogP contribution in [0.25, 0.3) is 11.0 Å². The third-order valence-corrected chi connectivity index (χ3v) is 4.55. The van der Waals surface area contributed by atoms with Crippen molar-refractivity contribution in [3.8, 4) is 5.75 Å². The van der Waals surface area contributed by atoms with Gasteiger partial charge in [-0.2, -0.15) is 0 Å². The molecule has 0 fully saturated rings. The number of ether oxygens (including phenoxy) is 1. The van der Waals surface area contributed by atoms with E-state index < -0.39 is 0 Å². The van der Waals surface area contributed by atoms with Crippen LogP contribution in [0.5, 0.6) is 5.75 Å². The third kappa shape index (κ3) is 3.03. The summed E-state index contributed by atoms with van der Waals surface area (Å²) >= 11 is 1.33. The summed E-state index contributed by atoms with van der Waals surface area (Å²) in [5.74, 6) is 0.203. The molecule has 3 rings (SSSR count). The summed E-state index contributed by atoms with van der Waals surface area (Å²) in [7, 11) is 0. The molecule has 0 radical (unpaired) electrons. The van der Waals surface area contributed by atoms with Crippen molar-refractivity contribution in [1.82, 2.24) is 4.98 Å². The molecule has 24 heavy (non-hydrogen) atoms. The summed E-state index contributed by atoms with van der Waals surface area (Å²) in [6.45, 7) is 5.27. The predicted octanol–water partition coefficient (Wildman–Crippen LogP) is 3.19. The Morgan fingerprint density at radius 2 is 2.04 bits per heavy atom. The molecule has 0 saturated heterocycles. The molecule has 7 heteroatoms. The van der Waals surface area contributed by atoms with E-state index in [0.717, 1.165) is 10.9 Å². The van der Waals surface area contributed by atoms with Gasteiger partial charge >= 0.3 is 5.63 Å². The van der Waals surface area contributed by atoms with Gasteiger partial charge in [-0.1, -0.05) is 0 Å². The first-order valence-corrected chi connectivity index (χ1v) is 8.21. The fraction of sp³-hybridized carbons (Fsp3) is 0.235. The van der Waals surface area contributed by atoms with Gasteiger partial charge in [-0.25, -0.2) is 9.78 Å². The molecule has 6 nitrogen and oxygen atoms in total. The molecule has 1 amide bonds. The van der Waals surface area contributed by atoms with E-state index in [1.807, 2.05) is 13.0 Å². The number of anilines is 1. The Bertz CT molecular complexity index is 961. The molecule has 0 aliphatic carbocycles. The van der Waals surface area contributed by atoms with Crippen molar-refractivity contribution in [1.29, 1.82) is 0 Å². The molecule has 0 saturated carbocycles. The molecule has 2 heterocycles. The number of hydrogen-bond acceptors (Lipinski definition) is 6. The average Bonchev–Trinajstić information content (AvgIpc) is 3.05. The van der Waals surface area contributed by atoms with Crippen LogP contribution in [0.2, 0.25) is 0 Å². The number of nitrogens with zero attached hydrogens (tertiary/aromatic N) is 1. The maximum absolute atomic E-state index is 11.9. The zero-order valence-corrected chi connectivity index (χ0v) is 14.3. The van der Waals surface area contributed by atoms with E-state index in [0.29, 0.717) is 27.6 Å². The van der Waals surface area contributed by atoms with Crippen LogP contribution in [0.15, 0.2) is 32.9 Å². The molecule has 0 aliphatic rings. The Morgan fingerprint density at radius 3 is 2.75 bits per heavy atom. The lowest BCUT2D eigenvalue weighted by Gasteiger charge is -2.12. The monoisotopic (exact) mass is 344 g/mol. The Hall–Kier alpha value is -2.67. The van der Waals surface area contributed by atoms with Gasteiger partial charge in [0.25, 0.3) is 5.91 Å². The number of rotatable bonds is 4. The third-order valence-electron chi connectivity index (χ3n) is 3.86. The van der Waals surface area contributed by atoms with E-state index in [1.54, 1.807) is 31.5 Å². The summed E-state index contributed by atoms with van der Waals surface area (Å²) < 4.78 is 11.0. The number of carbonyl (C=O) groups excluding carboxylic acids is 1. The minimum Gasteiger partial charge on any atom is -0.483 e. The van der Waals surface area contributed by atoms with Gasteiger partial charge in [-0.05, 0) is 38.5 Å². The van der Waals surface area contributed by atoms with Crippen molar-refractivity contribution < 1.29 is 13.9 Å². The van der Waals surface area contributed by atoms with Crippen molar-refractivity contribution in [3.05, 3.63) is 50.8 Å². The highest BCUT2D eigenvalue weighted by Gasteiger charge is 2.14. The lowest BCUT2D eigenvalue weighted by Crippen LogP contribution is -2.20. The Morgan fingerprint density at radius 1 is 1.25 bits per heavy atom. The second kappa shape index (κ2) is 6.45. The van der Waals surface area contributed by atoms with Crippen LogP contribution in [0.1, 0.15) is 16.7 Å². The van der Waals surface area contributed by atoms with Gasteiger partial charge in [0, 0.05) is 28.1 Å². The van der Waals surface area contributed by atoms with E-state index in [1.165, 1.54) is 11.3 Å². The summed E-state index contributed by atoms with van der Waals surface area (Å²) in [6, 6.07) is 3.61. The van der Waals surface area contributed by atoms with E-state index in [9.17, 15) is 9.59 Å². The topological polar surface area (TPSA) is 81.4 Å². The lowest BCUT2D eigenvalue weighted by atomic mass is 10.0. The molecule has 0 spiro atoms. The smallest absolute Gasteiger partial charge is 0.339 e. The normalized spacial score (nSPS) is 10.8. The standard InChI is InChI=1S/C17H16N2O4S/c1-9-10(2)16(21)23-15-11(3)13(5-4-12(9)15)22-8-14(20)19-17-18-6-7-24-17/h4-7H,8H2,1-3H3,(H,18,19,20). The van der Waals surface area contributed by atoms with Crippen molar-refractivity contribution in [2.75, 3.05) is 11.9 Å². The number of aryl methyl sites for hydroxylation is 2. The summed E-state index contributed by atoms with van der Waals surface area (Å²) in [6.07, 6.45) is 1.61. The number of aromatic nitrogens is 1. The van der Waals surface area contributed by atoms with E-state index in [-0.39, 0.29) is 18.1 Å². The van der Waals surface area contributed by atoms with Gasteiger partial charge in [-0.3, -0.25) is 10.1 Å². The van der Waals surface area contributed by atoms with Gasteiger partial charge in [-0.15, -0.1) is 11.3 Å². The molecule has 124 valence electrons. The molecule has 0 atom stereocenters. The second-order valence-electron chi connectivity index (χ2n) is 5.38. The summed E-state index contributed by atoms with van der Waals surface area (Å²) in [5, 5.41) is 5.81. The first-order valence-electron chi connectivity index (χ1n) is 7.33. The van der Waals surface area contributed by atoms with Gasteiger partial charge < -0.3 is 9.15 Å². The van der Waals surface area contributed by atoms with Gasteiger partial charge in [0.05, 0.1) is 0 Å². The largest absolute Gasteiger partial charge is 0.483 e. The molecule has 3 aromatic rings. The van der Waals surface area contributed by atoms with Crippen LogP contribution >= 0.6 is 11.3 Å². The number of benzene rings is 1. The average molecular weight is 344 g/mol. The number of amides is 1. The Kier molecular flexibility index (Phi) is 4.35. The Labute approximate surface area is 142 Å². The fourth-order valence-electron chi connectivity index (χ4n) is 2.36. The lowest BCUT2D eigenvalue weighted by molar-refractivity contribution is -0.118. The fourth-order valence-corrected chi connectivity index (χ4v) is 2.91. The number of fused-ring (bicyclic) bond motifs is 1. The SMILES string of the molecule is Cc1c(C)c2ccc(OCC(=O)Nc3nccs3)c(C)c2oc1=O. The van der Waals surface area contributed by atoms with Crippen molar-refractivity contribution >= 4 is 33.3 Å². The van der Waals surface area contributed by atoms with E-state index in [4.69, 9.17) is 9.15 Å². The highest BCUT2D eigenvalue weighted by Crippen LogP contribution is 2.29. The number of nitrogens with one attached hydrogen (secondary N) is 1. The van der Waals surface area contributed by atoms with Crippen LogP contribution in [0.4, 0.5) is 5.13 Å². The maximum atomic E-state index is 11.9. The number of carbonyl (C=O) groups is 1. The quantitative estimate of drug-likeness (QED) is 0.735. The molecule has 0 bridgehead atoms. The highest BCUT2D eigenvalue weighted by atomic mass is 32.1. The molecule has 0 aliphatic heterocycles. The molecular weight excluding hydrogens is 328 g/mol.